The summed E-state index contributed by atoms with van der Waals surface area (Å²) in [5.74, 6) is -0.792. The van der Waals surface area contributed by atoms with Crippen LogP contribution in [-0.2, 0) is 4.74 Å². The van der Waals surface area contributed by atoms with Crippen LogP contribution in [0, 0.1) is 12.7 Å². The largest absolute Gasteiger partial charge is 0.465 e. The SMILES string of the molecule is COC(=O)c1cccc(Nc2nc3n[nH]c(N)c3cc2F)c1C. The third-order valence-corrected chi connectivity index (χ3v) is 3.52. The zero-order valence-corrected chi connectivity index (χ0v) is 12.5. The number of aromatic nitrogens is 3. The number of nitrogens with one attached hydrogen (secondary N) is 2. The Morgan fingerprint density at radius 3 is 2.96 bits per heavy atom. The summed E-state index contributed by atoms with van der Waals surface area (Å²) < 4.78 is 18.9. The molecule has 118 valence electrons. The minimum Gasteiger partial charge on any atom is -0.465 e. The number of pyridine rings is 1. The van der Waals surface area contributed by atoms with Crippen LogP contribution in [0.5, 0.6) is 0 Å². The molecule has 2 aromatic heterocycles. The molecule has 0 atom stereocenters. The molecule has 0 aliphatic heterocycles. The fourth-order valence-electron chi connectivity index (χ4n) is 2.25. The van der Waals surface area contributed by atoms with Gasteiger partial charge in [0.1, 0.15) is 5.82 Å². The average molecular weight is 315 g/mol. The standard InChI is InChI=1S/C15H14FN5O2/c1-7-8(15(22)23-2)4-3-5-11(7)18-14-10(16)6-9-12(17)20-21-13(9)19-14/h3-6H,1-2H3,(H4,17,18,19,20,21). The molecule has 3 rings (SSSR count). The molecule has 8 heteroatoms. The Kier molecular flexibility index (Phi) is 3.57. The van der Waals surface area contributed by atoms with Crippen LogP contribution in [-0.4, -0.2) is 28.3 Å². The number of benzene rings is 1. The predicted octanol–water partition coefficient (Wildman–Crippen LogP) is 2.52. The maximum atomic E-state index is 14.2. The van der Waals surface area contributed by atoms with E-state index in [9.17, 15) is 9.18 Å². The molecular formula is C15H14FN5O2. The van der Waals surface area contributed by atoms with Gasteiger partial charge < -0.3 is 15.8 Å². The van der Waals surface area contributed by atoms with Crippen molar-refractivity contribution in [3.8, 4) is 0 Å². The molecule has 1 aromatic carbocycles. The van der Waals surface area contributed by atoms with E-state index < -0.39 is 11.8 Å². The number of carbonyl (C=O) groups is 1. The van der Waals surface area contributed by atoms with Gasteiger partial charge in [0.05, 0.1) is 18.1 Å². The number of aromatic amines is 1. The Balaban J connectivity index is 2.02. The second-order valence-corrected chi connectivity index (χ2v) is 4.92. The molecule has 0 saturated carbocycles. The second-order valence-electron chi connectivity index (χ2n) is 4.92. The summed E-state index contributed by atoms with van der Waals surface area (Å²) >= 11 is 0. The van der Waals surface area contributed by atoms with Crippen molar-refractivity contribution in [2.45, 2.75) is 6.92 Å². The molecule has 3 aromatic rings. The molecular weight excluding hydrogens is 301 g/mol. The van der Waals surface area contributed by atoms with Crippen LogP contribution in [0.15, 0.2) is 24.3 Å². The molecule has 0 radical (unpaired) electrons. The first kappa shape index (κ1) is 14.8. The van der Waals surface area contributed by atoms with Gasteiger partial charge in [-0.05, 0) is 30.7 Å². The first-order chi connectivity index (χ1) is 11.0. The number of H-pyrrole nitrogens is 1. The predicted molar refractivity (Wildman–Crippen MR) is 84.1 cm³/mol. The van der Waals surface area contributed by atoms with Crippen molar-refractivity contribution in [2.24, 2.45) is 0 Å². The minimum absolute atomic E-state index is 0.00545. The van der Waals surface area contributed by atoms with Gasteiger partial charge in [0.2, 0.25) is 0 Å². The van der Waals surface area contributed by atoms with Gasteiger partial charge in [-0.2, -0.15) is 5.10 Å². The third-order valence-electron chi connectivity index (χ3n) is 3.52. The average Bonchev–Trinajstić information content (AvgIpc) is 2.89. The smallest absolute Gasteiger partial charge is 0.338 e. The summed E-state index contributed by atoms with van der Waals surface area (Å²) in [6.45, 7) is 1.73. The van der Waals surface area contributed by atoms with E-state index in [4.69, 9.17) is 10.5 Å². The van der Waals surface area contributed by atoms with Crippen LogP contribution in [0.25, 0.3) is 11.0 Å². The van der Waals surface area contributed by atoms with E-state index >= 15 is 0 Å². The molecule has 0 aliphatic rings. The first-order valence-corrected chi connectivity index (χ1v) is 6.76. The van der Waals surface area contributed by atoms with Crippen molar-refractivity contribution in [1.29, 1.82) is 0 Å². The highest BCUT2D eigenvalue weighted by atomic mass is 19.1. The van der Waals surface area contributed by atoms with E-state index in [-0.39, 0.29) is 11.6 Å². The van der Waals surface area contributed by atoms with E-state index in [1.807, 2.05) is 0 Å². The lowest BCUT2D eigenvalue weighted by molar-refractivity contribution is 0.0600. The Bertz CT molecular complexity index is 906. The maximum Gasteiger partial charge on any atom is 0.338 e. The summed E-state index contributed by atoms with van der Waals surface area (Å²) in [5.41, 5.74) is 7.51. The van der Waals surface area contributed by atoms with E-state index in [2.05, 4.69) is 20.5 Å². The zero-order chi connectivity index (χ0) is 16.6. The number of methoxy groups -OCH3 is 1. The number of hydrogen-bond acceptors (Lipinski definition) is 6. The quantitative estimate of drug-likeness (QED) is 0.641. The van der Waals surface area contributed by atoms with Crippen LogP contribution in [0.4, 0.5) is 21.7 Å². The lowest BCUT2D eigenvalue weighted by atomic mass is 10.1. The van der Waals surface area contributed by atoms with Crippen LogP contribution in [0.3, 0.4) is 0 Å². The van der Waals surface area contributed by atoms with Crippen molar-refractivity contribution in [1.82, 2.24) is 15.2 Å². The Morgan fingerprint density at radius 2 is 2.22 bits per heavy atom. The molecule has 0 unspecified atom stereocenters. The molecule has 0 spiro atoms. The molecule has 0 fully saturated rings. The van der Waals surface area contributed by atoms with E-state index in [0.717, 1.165) is 0 Å². The number of nitrogens with zero attached hydrogens (tertiary/aromatic N) is 2. The van der Waals surface area contributed by atoms with Gasteiger partial charge in [0.15, 0.2) is 17.3 Å². The topological polar surface area (TPSA) is 106 Å². The highest BCUT2D eigenvalue weighted by molar-refractivity contribution is 5.93. The monoisotopic (exact) mass is 315 g/mol. The number of rotatable bonds is 3. The summed E-state index contributed by atoms with van der Waals surface area (Å²) in [6.07, 6.45) is 0. The third kappa shape index (κ3) is 2.54. The lowest BCUT2D eigenvalue weighted by Gasteiger charge is -2.12. The van der Waals surface area contributed by atoms with Gasteiger partial charge in [0.25, 0.3) is 0 Å². The van der Waals surface area contributed by atoms with Crippen molar-refractivity contribution >= 4 is 34.3 Å². The summed E-state index contributed by atoms with van der Waals surface area (Å²) in [7, 11) is 1.30. The molecule has 4 N–H and O–H groups in total. The molecule has 0 amide bonds. The number of anilines is 3. The number of hydrogen-bond donors (Lipinski definition) is 3. The number of nitrogens with two attached hydrogens (primary N) is 1. The van der Waals surface area contributed by atoms with Gasteiger partial charge in [-0.15, -0.1) is 0 Å². The van der Waals surface area contributed by atoms with Gasteiger partial charge in [0, 0.05) is 5.69 Å². The number of halogens is 1. The molecule has 7 nitrogen and oxygen atoms in total. The van der Waals surface area contributed by atoms with Gasteiger partial charge in [-0.1, -0.05) is 6.07 Å². The number of fused-ring (bicyclic) bond motifs is 1. The molecule has 0 aliphatic carbocycles. The van der Waals surface area contributed by atoms with Crippen LogP contribution >= 0.6 is 0 Å². The molecule has 0 saturated heterocycles. The Labute approximate surface area is 130 Å². The van der Waals surface area contributed by atoms with Crippen LogP contribution in [0.1, 0.15) is 15.9 Å². The van der Waals surface area contributed by atoms with Gasteiger partial charge in [-0.25, -0.2) is 14.2 Å². The number of ether oxygens (including phenoxy) is 1. The zero-order valence-electron chi connectivity index (χ0n) is 12.5. The highest BCUT2D eigenvalue weighted by Gasteiger charge is 2.15. The van der Waals surface area contributed by atoms with Crippen LogP contribution in [0.2, 0.25) is 0 Å². The number of nitrogen functional groups attached to an aromatic ring is 1. The maximum absolute atomic E-state index is 14.2. The van der Waals surface area contributed by atoms with Crippen molar-refractivity contribution < 1.29 is 13.9 Å². The van der Waals surface area contributed by atoms with Gasteiger partial charge >= 0.3 is 5.97 Å². The second kappa shape index (κ2) is 5.56. The Hall–Kier alpha value is -3.16. The number of esters is 1. The summed E-state index contributed by atoms with van der Waals surface area (Å²) in [5, 5.41) is 9.73. The number of carbonyl (C=O) groups excluding carboxylic acids is 1. The van der Waals surface area contributed by atoms with E-state index in [1.165, 1.54) is 13.2 Å². The molecule has 0 bridgehead atoms. The van der Waals surface area contributed by atoms with Crippen molar-refractivity contribution in [3.63, 3.8) is 0 Å². The Morgan fingerprint density at radius 1 is 1.43 bits per heavy atom. The fourth-order valence-corrected chi connectivity index (χ4v) is 2.25. The van der Waals surface area contributed by atoms with Crippen molar-refractivity contribution in [3.05, 3.63) is 41.2 Å². The van der Waals surface area contributed by atoms with Crippen molar-refractivity contribution in [2.75, 3.05) is 18.2 Å². The molecule has 23 heavy (non-hydrogen) atoms. The minimum atomic E-state index is -0.575. The first-order valence-electron chi connectivity index (χ1n) is 6.76. The van der Waals surface area contributed by atoms with Crippen LogP contribution < -0.4 is 11.1 Å². The van der Waals surface area contributed by atoms with Gasteiger partial charge in [-0.3, -0.25) is 5.10 Å². The summed E-state index contributed by atoms with van der Waals surface area (Å²) in [4.78, 5) is 15.8. The van der Waals surface area contributed by atoms with E-state index in [1.54, 1.807) is 25.1 Å². The highest BCUT2D eigenvalue weighted by Crippen LogP contribution is 2.27. The fraction of sp³-hybridized carbons (Fsp3) is 0.133. The molecule has 2 heterocycles. The lowest BCUT2D eigenvalue weighted by Crippen LogP contribution is -2.06. The normalized spacial score (nSPS) is 10.7. The summed E-state index contributed by atoms with van der Waals surface area (Å²) in [6, 6.07) is 6.27. The van der Waals surface area contributed by atoms with E-state index in [0.29, 0.717) is 27.8 Å².